The van der Waals surface area contributed by atoms with Crippen molar-refractivity contribution < 1.29 is 9.72 Å². The van der Waals surface area contributed by atoms with E-state index < -0.39 is 4.92 Å². The van der Waals surface area contributed by atoms with E-state index in [4.69, 9.17) is 0 Å². The van der Waals surface area contributed by atoms with Gasteiger partial charge < -0.3 is 5.32 Å². The fourth-order valence-electron chi connectivity index (χ4n) is 1.98. The molecule has 2 rings (SSSR count). The van der Waals surface area contributed by atoms with Gasteiger partial charge in [0.25, 0.3) is 5.69 Å². The van der Waals surface area contributed by atoms with Crippen LogP contribution in [0.1, 0.15) is 34.1 Å². The second-order valence-electron chi connectivity index (χ2n) is 4.80. The van der Waals surface area contributed by atoms with Crippen LogP contribution in [0.15, 0.2) is 24.4 Å². The lowest BCUT2D eigenvalue weighted by molar-refractivity contribution is -0.384. The number of aromatic nitrogens is 1. The molecule has 0 atom stereocenters. The third-order valence-electron chi connectivity index (χ3n) is 3.21. The summed E-state index contributed by atoms with van der Waals surface area (Å²) in [6.07, 6.45) is 3.53. The number of nitrogens with zero attached hydrogens (tertiary/aromatic N) is 2. The number of thiazole rings is 1. The van der Waals surface area contributed by atoms with Gasteiger partial charge in [-0.25, -0.2) is 4.98 Å². The Morgan fingerprint density at radius 1 is 1.45 bits per heavy atom. The highest BCUT2D eigenvalue weighted by molar-refractivity contribution is 7.11. The van der Waals surface area contributed by atoms with Gasteiger partial charge >= 0.3 is 0 Å². The Hall–Kier alpha value is -2.28. The van der Waals surface area contributed by atoms with Crippen LogP contribution >= 0.6 is 11.3 Å². The predicted molar refractivity (Wildman–Crippen MR) is 86.8 cm³/mol. The van der Waals surface area contributed by atoms with Crippen molar-refractivity contribution >= 4 is 28.5 Å². The van der Waals surface area contributed by atoms with Gasteiger partial charge in [-0.3, -0.25) is 14.9 Å². The number of Topliss-reactive ketones (excluding diaryl/α,β-unsaturated/α-hetero) is 1. The van der Waals surface area contributed by atoms with Gasteiger partial charge in [0.15, 0.2) is 5.78 Å². The number of hydrogen-bond acceptors (Lipinski definition) is 6. The molecule has 2 aromatic rings. The smallest absolute Gasteiger partial charge is 0.293 e. The Morgan fingerprint density at radius 2 is 2.23 bits per heavy atom. The lowest BCUT2D eigenvalue weighted by Gasteiger charge is -2.07. The predicted octanol–water partition coefficient (Wildman–Crippen LogP) is 3.47. The summed E-state index contributed by atoms with van der Waals surface area (Å²) in [5, 5.41) is 15.2. The first-order valence-electron chi connectivity index (χ1n) is 6.98. The third-order valence-corrected chi connectivity index (χ3v) is 4.41. The molecule has 0 bridgehead atoms. The van der Waals surface area contributed by atoms with Crippen molar-refractivity contribution in [2.45, 2.75) is 26.7 Å². The van der Waals surface area contributed by atoms with Crippen molar-refractivity contribution in [3.8, 4) is 0 Å². The highest BCUT2D eigenvalue weighted by atomic mass is 32.1. The Balaban J connectivity index is 2.05. The van der Waals surface area contributed by atoms with E-state index in [2.05, 4.69) is 17.2 Å². The van der Waals surface area contributed by atoms with Crippen LogP contribution in [-0.4, -0.2) is 22.2 Å². The van der Waals surface area contributed by atoms with Crippen LogP contribution in [0.4, 0.5) is 11.4 Å². The summed E-state index contributed by atoms with van der Waals surface area (Å²) >= 11 is 1.66. The highest BCUT2D eigenvalue weighted by Crippen LogP contribution is 2.26. The number of carbonyl (C=O) groups is 1. The monoisotopic (exact) mass is 319 g/mol. The molecule has 22 heavy (non-hydrogen) atoms. The maximum Gasteiger partial charge on any atom is 0.293 e. The van der Waals surface area contributed by atoms with E-state index in [0.29, 0.717) is 24.2 Å². The molecule has 0 radical (unpaired) electrons. The van der Waals surface area contributed by atoms with Crippen LogP contribution in [0.5, 0.6) is 0 Å². The SMILES string of the molecule is CCc1cnc(CCNc2ccc(C(C)=O)cc2[N+](=O)[O-])s1. The molecule has 1 N–H and O–H groups in total. The number of ketones is 1. The molecule has 7 heteroatoms. The number of anilines is 1. The summed E-state index contributed by atoms with van der Waals surface area (Å²) in [7, 11) is 0. The molecule has 0 aliphatic heterocycles. The zero-order chi connectivity index (χ0) is 16.1. The van der Waals surface area contributed by atoms with Gasteiger partial charge in [0, 0.05) is 35.7 Å². The van der Waals surface area contributed by atoms with E-state index in [1.165, 1.54) is 17.9 Å². The van der Waals surface area contributed by atoms with Gasteiger partial charge in [0.1, 0.15) is 5.69 Å². The molecule has 0 amide bonds. The first kappa shape index (κ1) is 16.1. The number of nitrogens with one attached hydrogen (secondary N) is 1. The van der Waals surface area contributed by atoms with E-state index >= 15 is 0 Å². The van der Waals surface area contributed by atoms with Crippen LogP contribution in [0, 0.1) is 10.1 Å². The Morgan fingerprint density at radius 3 is 2.82 bits per heavy atom. The molecule has 116 valence electrons. The minimum Gasteiger partial charge on any atom is -0.379 e. The van der Waals surface area contributed by atoms with Crippen molar-refractivity contribution in [1.82, 2.24) is 4.98 Å². The van der Waals surface area contributed by atoms with Crippen molar-refractivity contribution in [3.05, 3.63) is 50.0 Å². The molecular weight excluding hydrogens is 302 g/mol. The summed E-state index contributed by atoms with van der Waals surface area (Å²) in [5.41, 5.74) is 0.674. The summed E-state index contributed by atoms with van der Waals surface area (Å²) in [6, 6.07) is 4.48. The van der Waals surface area contributed by atoms with E-state index in [9.17, 15) is 14.9 Å². The molecule has 0 saturated carbocycles. The van der Waals surface area contributed by atoms with Crippen LogP contribution in [0.3, 0.4) is 0 Å². The molecule has 0 saturated heterocycles. The summed E-state index contributed by atoms with van der Waals surface area (Å²) < 4.78 is 0. The number of nitro groups is 1. The van der Waals surface area contributed by atoms with Gasteiger partial charge in [0.05, 0.1) is 9.93 Å². The van der Waals surface area contributed by atoms with Gasteiger partial charge in [-0.1, -0.05) is 6.92 Å². The highest BCUT2D eigenvalue weighted by Gasteiger charge is 2.16. The normalized spacial score (nSPS) is 10.5. The molecule has 6 nitrogen and oxygen atoms in total. The first-order chi connectivity index (χ1) is 10.5. The minimum absolute atomic E-state index is 0.0823. The van der Waals surface area contributed by atoms with Crippen molar-refractivity contribution in [1.29, 1.82) is 0 Å². The minimum atomic E-state index is -0.479. The fourth-order valence-corrected chi connectivity index (χ4v) is 2.84. The zero-order valence-electron chi connectivity index (χ0n) is 12.5. The number of nitro benzene ring substituents is 1. The molecular formula is C15H17N3O3S. The molecule has 1 heterocycles. The van der Waals surface area contributed by atoms with Crippen molar-refractivity contribution in [3.63, 3.8) is 0 Å². The summed E-state index contributed by atoms with van der Waals surface area (Å²) in [4.78, 5) is 27.5. The molecule has 0 fully saturated rings. The number of benzene rings is 1. The molecule has 1 aromatic carbocycles. The molecule has 0 aliphatic rings. The Kier molecular flexibility index (Phi) is 5.21. The van der Waals surface area contributed by atoms with Crippen LogP contribution in [-0.2, 0) is 12.8 Å². The third kappa shape index (κ3) is 3.88. The van der Waals surface area contributed by atoms with E-state index in [0.717, 1.165) is 11.4 Å². The van der Waals surface area contributed by atoms with Crippen molar-refractivity contribution in [2.75, 3.05) is 11.9 Å². The maximum atomic E-state index is 11.3. The largest absolute Gasteiger partial charge is 0.379 e. The second kappa shape index (κ2) is 7.13. The summed E-state index contributed by atoms with van der Waals surface area (Å²) in [5.74, 6) is -0.190. The van der Waals surface area contributed by atoms with Gasteiger partial charge in [-0.15, -0.1) is 11.3 Å². The average molecular weight is 319 g/mol. The van der Waals surface area contributed by atoms with Crippen LogP contribution in [0.25, 0.3) is 0 Å². The Bertz CT molecular complexity index is 697. The maximum absolute atomic E-state index is 11.3. The van der Waals surface area contributed by atoms with Crippen LogP contribution < -0.4 is 5.32 Å². The first-order valence-corrected chi connectivity index (χ1v) is 7.79. The lowest BCUT2D eigenvalue weighted by atomic mass is 10.1. The quantitative estimate of drug-likeness (QED) is 0.480. The topological polar surface area (TPSA) is 85.1 Å². The molecule has 0 aliphatic carbocycles. The average Bonchev–Trinajstić information content (AvgIpc) is 2.95. The van der Waals surface area contributed by atoms with Crippen LogP contribution in [0.2, 0.25) is 0 Å². The molecule has 0 unspecified atom stereocenters. The van der Waals surface area contributed by atoms with Gasteiger partial charge in [0.2, 0.25) is 0 Å². The second-order valence-corrected chi connectivity index (χ2v) is 6.00. The standard InChI is InChI=1S/C15H17N3O3S/c1-3-12-9-17-15(22-12)6-7-16-13-5-4-11(10(2)19)8-14(13)18(20)21/h4-5,8-9,16H,3,6-7H2,1-2H3. The molecule has 1 aromatic heterocycles. The fraction of sp³-hybridized carbons (Fsp3) is 0.333. The van der Waals surface area contributed by atoms with Gasteiger partial charge in [-0.2, -0.15) is 0 Å². The van der Waals surface area contributed by atoms with E-state index in [1.54, 1.807) is 23.5 Å². The zero-order valence-corrected chi connectivity index (χ0v) is 13.3. The number of hydrogen-bond donors (Lipinski definition) is 1. The number of carbonyl (C=O) groups excluding carboxylic acids is 1. The number of rotatable bonds is 7. The lowest BCUT2D eigenvalue weighted by Crippen LogP contribution is -2.07. The Labute approximate surface area is 132 Å². The van der Waals surface area contributed by atoms with E-state index in [-0.39, 0.29) is 11.5 Å². The molecule has 0 spiro atoms. The number of aryl methyl sites for hydroxylation is 1. The van der Waals surface area contributed by atoms with Crippen molar-refractivity contribution in [2.24, 2.45) is 0 Å². The summed E-state index contributed by atoms with van der Waals surface area (Å²) in [6.45, 7) is 4.02. The van der Waals surface area contributed by atoms with E-state index in [1.807, 2.05) is 6.20 Å². The van der Waals surface area contributed by atoms with Gasteiger partial charge in [-0.05, 0) is 25.5 Å².